The summed E-state index contributed by atoms with van der Waals surface area (Å²) in [6.45, 7) is 2.39. The Kier molecular flexibility index (Phi) is 3.90. The van der Waals surface area contributed by atoms with Crippen LogP contribution in [0.25, 0.3) is 0 Å². The van der Waals surface area contributed by atoms with E-state index in [-0.39, 0.29) is 11.6 Å². The van der Waals surface area contributed by atoms with E-state index in [0.717, 1.165) is 16.8 Å². The van der Waals surface area contributed by atoms with Crippen LogP contribution in [0.5, 0.6) is 11.5 Å². The maximum atomic E-state index is 13.0. The monoisotopic (exact) mass is 261 g/mol. The predicted octanol–water partition coefficient (Wildman–Crippen LogP) is 3.46. The summed E-state index contributed by atoms with van der Waals surface area (Å²) < 4.78 is 18.0. The zero-order valence-electron chi connectivity index (χ0n) is 10.9. The molecular formula is C15H16FNO2. The lowest BCUT2D eigenvalue weighted by atomic mass is 10.1. The Morgan fingerprint density at radius 1 is 1.21 bits per heavy atom. The molecular weight excluding hydrogens is 245 g/mol. The molecule has 2 N–H and O–H groups in total. The summed E-state index contributed by atoms with van der Waals surface area (Å²) in [6.07, 6.45) is 0. The zero-order valence-corrected chi connectivity index (χ0v) is 10.9. The van der Waals surface area contributed by atoms with Crippen LogP contribution >= 0.6 is 0 Å². The van der Waals surface area contributed by atoms with Crippen LogP contribution in [0, 0.1) is 12.7 Å². The molecule has 0 aliphatic carbocycles. The molecule has 0 unspecified atom stereocenters. The number of hydrogen-bond acceptors (Lipinski definition) is 3. The molecule has 0 saturated carbocycles. The SMILES string of the molecule is COc1ccc(CNc2ccc(F)cc2C)cc1O. The van der Waals surface area contributed by atoms with Crippen molar-refractivity contribution in [3.8, 4) is 11.5 Å². The summed E-state index contributed by atoms with van der Waals surface area (Å²) in [4.78, 5) is 0. The summed E-state index contributed by atoms with van der Waals surface area (Å²) >= 11 is 0. The Morgan fingerprint density at radius 2 is 2.00 bits per heavy atom. The number of nitrogens with one attached hydrogen (secondary N) is 1. The molecule has 4 heteroatoms. The van der Waals surface area contributed by atoms with E-state index in [1.807, 2.05) is 13.0 Å². The third-order valence-corrected chi connectivity index (χ3v) is 2.91. The fourth-order valence-corrected chi connectivity index (χ4v) is 1.87. The molecule has 2 rings (SSSR count). The highest BCUT2D eigenvalue weighted by Gasteiger charge is 2.04. The van der Waals surface area contributed by atoms with Crippen molar-refractivity contribution in [2.75, 3.05) is 12.4 Å². The first-order valence-corrected chi connectivity index (χ1v) is 5.96. The van der Waals surface area contributed by atoms with Crippen molar-refractivity contribution in [1.29, 1.82) is 0 Å². The first-order chi connectivity index (χ1) is 9.10. The lowest BCUT2D eigenvalue weighted by Crippen LogP contribution is -2.01. The number of rotatable bonds is 4. The average molecular weight is 261 g/mol. The molecule has 3 nitrogen and oxygen atoms in total. The summed E-state index contributed by atoms with van der Waals surface area (Å²) in [5.74, 6) is 0.310. The van der Waals surface area contributed by atoms with E-state index in [4.69, 9.17) is 4.74 Å². The molecule has 0 radical (unpaired) electrons. The van der Waals surface area contributed by atoms with Gasteiger partial charge >= 0.3 is 0 Å². The van der Waals surface area contributed by atoms with E-state index in [9.17, 15) is 9.50 Å². The van der Waals surface area contributed by atoms with Crippen LogP contribution in [0.2, 0.25) is 0 Å². The molecule has 0 saturated heterocycles. The van der Waals surface area contributed by atoms with Gasteiger partial charge in [-0.1, -0.05) is 6.07 Å². The van der Waals surface area contributed by atoms with Gasteiger partial charge in [-0.05, 0) is 48.4 Å². The quantitative estimate of drug-likeness (QED) is 0.885. The van der Waals surface area contributed by atoms with Crippen molar-refractivity contribution >= 4 is 5.69 Å². The molecule has 2 aromatic carbocycles. The van der Waals surface area contributed by atoms with Crippen LogP contribution in [0.1, 0.15) is 11.1 Å². The van der Waals surface area contributed by atoms with Crippen LogP contribution in [-0.4, -0.2) is 12.2 Å². The maximum absolute atomic E-state index is 13.0. The Hall–Kier alpha value is -2.23. The molecule has 0 fully saturated rings. The van der Waals surface area contributed by atoms with Gasteiger partial charge in [0, 0.05) is 12.2 Å². The lowest BCUT2D eigenvalue weighted by molar-refractivity contribution is 0.373. The Bertz CT molecular complexity index is 584. The normalized spacial score (nSPS) is 10.3. The van der Waals surface area contributed by atoms with Crippen LogP contribution in [-0.2, 0) is 6.54 Å². The smallest absolute Gasteiger partial charge is 0.160 e. The second-order valence-electron chi connectivity index (χ2n) is 4.32. The number of phenolic OH excluding ortho intramolecular Hbond substituents is 1. The maximum Gasteiger partial charge on any atom is 0.160 e. The molecule has 0 aromatic heterocycles. The van der Waals surface area contributed by atoms with Crippen molar-refractivity contribution < 1.29 is 14.2 Å². The number of benzene rings is 2. The first-order valence-electron chi connectivity index (χ1n) is 5.96. The van der Waals surface area contributed by atoms with Gasteiger partial charge < -0.3 is 15.2 Å². The van der Waals surface area contributed by atoms with E-state index in [1.165, 1.54) is 19.2 Å². The predicted molar refractivity (Wildman–Crippen MR) is 73.1 cm³/mol. The molecule has 19 heavy (non-hydrogen) atoms. The van der Waals surface area contributed by atoms with Crippen molar-refractivity contribution in [1.82, 2.24) is 0 Å². The lowest BCUT2D eigenvalue weighted by Gasteiger charge is -2.11. The van der Waals surface area contributed by atoms with Gasteiger partial charge in [0.25, 0.3) is 0 Å². The topological polar surface area (TPSA) is 41.5 Å². The number of aromatic hydroxyl groups is 1. The van der Waals surface area contributed by atoms with E-state index in [1.54, 1.807) is 18.2 Å². The van der Waals surface area contributed by atoms with Crippen molar-refractivity contribution in [2.24, 2.45) is 0 Å². The molecule has 0 heterocycles. The third-order valence-electron chi connectivity index (χ3n) is 2.91. The number of hydrogen-bond donors (Lipinski definition) is 2. The fourth-order valence-electron chi connectivity index (χ4n) is 1.87. The minimum Gasteiger partial charge on any atom is -0.504 e. The average Bonchev–Trinajstić information content (AvgIpc) is 2.38. The highest BCUT2D eigenvalue weighted by molar-refractivity contribution is 5.51. The van der Waals surface area contributed by atoms with Crippen molar-refractivity contribution in [2.45, 2.75) is 13.5 Å². The van der Waals surface area contributed by atoms with Gasteiger partial charge in [-0.25, -0.2) is 4.39 Å². The Labute approximate surface area is 111 Å². The molecule has 0 amide bonds. The summed E-state index contributed by atoms with van der Waals surface area (Å²) in [5.41, 5.74) is 2.64. The highest BCUT2D eigenvalue weighted by atomic mass is 19.1. The minimum atomic E-state index is -0.245. The minimum absolute atomic E-state index is 0.109. The number of ether oxygens (including phenoxy) is 1. The van der Waals surface area contributed by atoms with Gasteiger partial charge in [0.2, 0.25) is 0 Å². The van der Waals surface area contributed by atoms with Crippen LogP contribution < -0.4 is 10.1 Å². The van der Waals surface area contributed by atoms with E-state index >= 15 is 0 Å². The van der Waals surface area contributed by atoms with E-state index in [2.05, 4.69) is 5.32 Å². The van der Waals surface area contributed by atoms with Crippen molar-refractivity contribution in [3.05, 3.63) is 53.3 Å². The number of methoxy groups -OCH3 is 1. The molecule has 0 aliphatic heterocycles. The van der Waals surface area contributed by atoms with Gasteiger partial charge in [-0.2, -0.15) is 0 Å². The second kappa shape index (κ2) is 5.61. The van der Waals surface area contributed by atoms with Gasteiger partial charge in [0.15, 0.2) is 11.5 Å². The molecule has 0 bridgehead atoms. The number of anilines is 1. The van der Waals surface area contributed by atoms with Crippen LogP contribution in [0.15, 0.2) is 36.4 Å². The second-order valence-corrected chi connectivity index (χ2v) is 4.32. The van der Waals surface area contributed by atoms with Gasteiger partial charge in [0.05, 0.1) is 7.11 Å². The highest BCUT2D eigenvalue weighted by Crippen LogP contribution is 2.26. The first kappa shape index (κ1) is 13.2. The van der Waals surface area contributed by atoms with E-state index < -0.39 is 0 Å². The van der Waals surface area contributed by atoms with Crippen LogP contribution in [0.4, 0.5) is 10.1 Å². The molecule has 2 aromatic rings. The standard InChI is InChI=1S/C15H16FNO2/c1-10-7-12(16)4-5-13(10)17-9-11-3-6-15(19-2)14(18)8-11/h3-8,17-18H,9H2,1-2H3. The summed E-state index contributed by atoms with van der Waals surface area (Å²) in [7, 11) is 1.51. The largest absolute Gasteiger partial charge is 0.504 e. The fraction of sp³-hybridized carbons (Fsp3) is 0.200. The summed E-state index contributed by atoms with van der Waals surface area (Å²) in [5, 5.41) is 12.9. The van der Waals surface area contributed by atoms with Gasteiger partial charge in [0.1, 0.15) is 5.82 Å². The molecule has 0 atom stereocenters. The Morgan fingerprint density at radius 3 is 2.63 bits per heavy atom. The molecule has 0 spiro atoms. The third kappa shape index (κ3) is 3.16. The van der Waals surface area contributed by atoms with Gasteiger partial charge in [-0.3, -0.25) is 0 Å². The van der Waals surface area contributed by atoms with Gasteiger partial charge in [-0.15, -0.1) is 0 Å². The summed E-state index contributed by atoms with van der Waals surface area (Å²) in [6, 6.07) is 9.82. The van der Waals surface area contributed by atoms with E-state index in [0.29, 0.717) is 12.3 Å². The molecule has 0 aliphatic rings. The number of halogens is 1. The van der Waals surface area contributed by atoms with Crippen molar-refractivity contribution in [3.63, 3.8) is 0 Å². The number of aryl methyl sites for hydroxylation is 1. The number of phenols is 1. The molecule has 100 valence electrons. The van der Waals surface area contributed by atoms with Crippen LogP contribution in [0.3, 0.4) is 0 Å². The zero-order chi connectivity index (χ0) is 13.8. The Balaban J connectivity index is 2.08.